The van der Waals surface area contributed by atoms with E-state index < -0.39 is 11.7 Å². The van der Waals surface area contributed by atoms with Gasteiger partial charge in [-0.3, -0.25) is 0 Å². The van der Waals surface area contributed by atoms with Crippen LogP contribution in [0, 0.1) is 6.92 Å². The van der Waals surface area contributed by atoms with Gasteiger partial charge < -0.3 is 0 Å². The van der Waals surface area contributed by atoms with Crippen molar-refractivity contribution in [2.75, 3.05) is 0 Å². The third-order valence-corrected chi connectivity index (χ3v) is 1.25. The molecule has 0 nitrogen and oxygen atoms in total. The third-order valence-electron chi connectivity index (χ3n) is 1.25. The van der Waals surface area contributed by atoms with E-state index in [1.54, 1.807) is 0 Å². The summed E-state index contributed by atoms with van der Waals surface area (Å²) in [5.41, 5.74) is -0.273. The Bertz CT molecular complexity index is 255. The van der Waals surface area contributed by atoms with Gasteiger partial charge in [-0.15, -0.1) is 6.07 Å². The van der Waals surface area contributed by atoms with Crippen molar-refractivity contribution in [1.29, 1.82) is 0 Å². The summed E-state index contributed by atoms with van der Waals surface area (Å²) in [5, 5.41) is 0. The Labute approximate surface area is 112 Å². The molecule has 1 rings (SSSR count). The Morgan fingerprint density at radius 3 is 2.08 bits per heavy atom. The van der Waals surface area contributed by atoms with E-state index in [4.69, 9.17) is 0 Å². The molecule has 0 unspecified atom stereocenters. The van der Waals surface area contributed by atoms with Crippen molar-refractivity contribution in [2.24, 2.45) is 0 Å². The van der Waals surface area contributed by atoms with Crippen molar-refractivity contribution in [3.63, 3.8) is 0 Å². The SMILES string of the molecule is [CH2-]c1cccc(C(F)(F)F)c1.[K+]. The van der Waals surface area contributed by atoms with E-state index in [-0.39, 0.29) is 51.4 Å². The number of halogens is 3. The predicted octanol–water partition coefficient (Wildman–Crippen LogP) is -0.108. The van der Waals surface area contributed by atoms with Gasteiger partial charge >= 0.3 is 57.6 Å². The van der Waals surface area contributed by atoms with Gasteiger partial charge in [0.2, 0.25) is 0 Å². The summed E-state index contributed by atoms with van der Waals surface area (Å²) >= 11 is 0. The molecule has 0 aromatic heterocycles. The molecule has 0 atom stereocenters. The third kappa shape index (κ3) is 3.49. The summed E-state index contributed by atoms with van der Waals surface area (Å²) in [6.45, 7) is 3.39. The maximum atomic E-state index is 11.9. The van der Waals surface area contributed by atoms with Crippen LogP contribution in [-0.4, -0.2) is 0 Å². The fraction of sp³-hybridized carbons (Fsp3) is 0.125. The maximum Gasteiger partial charge on any atom is 1.00 e. The summed E-state index contributed by atoms with van der Waals surface area (Å²) in [7, 11) is 0. The normalized spacial score (nSPS) is 10.6. The Morgan fingerprint density at radius 1 is 1.17 bits per heavy atom. The van der Waals surface area contributed by atoms with Crippen LogP contribution in [0.4, 0.5) is 13.2 Å². The van der Waals surface area contributed by atoms with Crippen LogP contribution in [-0.2, 0) is 6.18 Å². The van der Waals surface area contributed by atoms with Gasteiger partial charge in [0.25, 0.3) is 0 Å². The van der Waals surface area contributed by atoms with Gasteiger partial charge in [0.1, 0.15) is 0 Å². The number of rotatable bonds is 0. The molecule has 1 aromatic rings. The van der Waals surface area contributed by atoms with E-state index in [0.717, 1.165) is 12.1 Å². The van der Waals surface area contributed by atoms with Gasteiger partial charge in [0, 0.05) is 0 Å². The minimum absolute atomic E-state index is 0. The van der Waals surface area contributed by atoms with Crippen LogP contribution in [0.3, 0.4) is 0 Å². The second kappa shape index (κ2) is 4.67. The quantitative estimate of drug-likeness (QED) is 0.403. The molecule has 1 aromatic carbocycles. The first kappa shape index (κ1) is 12.5. The molecule has 0 bridgehead atoms. The minimum atomic E-state index is -4.26. The molecule has 0 heterocycles. The van der Waals surface area contributed by atoms with Crippen molar-refractivity contribution in [2.45, 2.75) is 6.18 Å². The van der Waals surface area contributed by atoms with Crippen LogP contribution >= 0.6 is 0 Å². The monoisotopic (exact) mass is 198 g/mol. The zero-order valence-electron chi connectivity index (χ0n) is 6.65. The fourth-order valence-corrected chi connectivity index (χ4v) is 0.748. The Kier molecular flexibility index (Phi) is 4.87. The Hall–Kier alpha value is 0.516. The number of hydrogen-bond donors (Lipinski definition) is 0. The number of hydrogen-bond acceptors (Lipinski definition) is 0. The molecule has 0 saturated carbocycles. The van der Waals surface area contributed by atoms with Gasteiger partial charge in [-0.1, -0.05) is 6.07 Å². The summed E-state index contributed by atoms with van der Waals surface area (Å²) in [4.78, 5) is 0. The van der Waals surface area contributed by atoms with Gasteiger partial charge in [-0.2, -0.15) is 37.8 Å². The molecule has 0 aliphatic carbocycles. The average molecular weight is 198 g/mol. The summed E-state index contributed by atoms with van der Waals surface area (Å²) in [6.07, 6.45) is -4.26. The topological polar surface area (TPSA) is 0 Å². The largest absolute Gasteiger partial charge is 1.00 e. The van der Waals surface area contributed by atoms with E-state index in [0.29, 0.717) is 5.56 Å². The molecule has 0 amide bonds. The first-order valence-electron chi connectivity index (χ1n) is 2.99. The van der Waals surface area contributed by atoms with Gasteiger partial charge in [-0.25, -0.2) is 0 Å². The van der Waals surface area contributed by atoms with Gasteiger partial charge in [0.05, 0.1) is 0 Å². The van der Waals surface area contributed by atoms with Crippen LogP contribution in [0.15, 0.2) is 24.3 Å². The summed E-state index contributed by atoms with van der Waals surface area (Å²) in [5.74, 6) is 0. The van der Waals surface area contributed by atoms with E-state index in [2.05, 4.69) is 6.92 Å². The molecular formula is C8H6F3K. The van der Waals surface area contributed by atoms with Crippen LogP contribution in [0.1, 0.15) is 11.1 Å². The second-order valence-corrected chi connectivity index (χ2v) is 2.20. The first-order chi connectivity index (χ1) is 5.00. The first-order valence-corrected chi connectivity index (χ1v) is 2.99. The zero-order valence-corrected chi connectivity index (χ0v) is 9.77. The van der Waals surface area contributed by atoms with Crippen molar-refractivity contribution < 1.29 is 64.6 Å². The molecule has 0 saturated heterocycles. The molecule has 4 heteroatoms. The molecule has 12 heavy (non-hydrogen) atoms. The predicted molar refractivity (Wildman–Crippen MR) is 35.9 cm³/mol. The molecule has 0 N–H and O–H groups in total. The van der Waals surface area contributed by atoms with Crippen molar-refractivity contribution in [1.82, 2.24) is 0 Å². The molecule has 0 fully saturated rings. The molecule has 0 aliphatic heterocycles. The smallest absolute Gasteiger partial charge is 0.199 e. The van der Waals surface area contributed by atoms with Crippen LogP contribution in [0.5, 0.6) is 0 Å². The summed E-state index contributed by atoms with van der Waals surface area (Å²) in [6, 6.07) is 4.90. The molecule has 0 spiro atoms. The van der Waals surface area contributed by atoms with Crippen molar-refractivity contribution >= 4 is 0 Å². The Morgan fingerprint density at radius 2 is 1.75 bits per heavy atom. The second-order valence-electron chi connectivity index (χ2n) is 2.20. The standard InChI is InChI=1S/C8H6F3.K/c1-6-3-2-4-7(5-6)8(9,10)11;/h2-5H,1H2;/q-1;+1. The van der Waals surface area contributed by atoms with Gasteiger partial charge in [-0.05, 0) is 5.56 Å². The van der Waals surface area contributed by atoms with E-state index in [1.165, 1.54) is 12.1 Å². The van der Waals surface area contributed by atoms with Crippen molar-refractivity contribution in [3.8, 4) is 0 Å². The fourth-order valence-electron chi connectivity index (χ4n) is 0.748. The molecular weight excluding hydrogens is 192 g/mol. The number of benzene rings is 1. The molecule has 0 aliphatic rings. The van der Waals surface area contributed by atoms with Crippen molar-refractivity contribution in [3.05, 3.63) is 42.3 Å². The van der Waals surface area contributed by atoms with E-state index >= 15 is 0 Å². The Balaban J connectivity index is 0.00000121. The van der Waals surface area contributed by atoms with Crippen LogP contribution < -0.4 is 51.4 Å². The van der Waals surface area contributed by atoms with Gasteiger partial charge in [0.15, 0.2) is 0 Å². The van der Waals surface area contributed by atoms with Crippen LogP contribution in [0.25, 0.3) is 0 Å². The van der Waals surface area contributed by atoms with Crippen LogP contribution in [0.2, 0.25) is 0 Å². The molecule has 0 radical (unpaired) electrons. The van der Waals surface area contributed by atoms with E-state index in [9.17, 15) is 13.2 Å². The zero-order chi connectivity index (χ0) is 8.48. The summed E-state index contributed by atoms with van der Waals surface area (Å²) < 4.78 is 35.8. The molecule has 60 valence electrons. The van der Waals surface area contributed by atoms with E-state index in [1.807, 2.05) is 0 Å². The maximum absolute atomic E-state index is 11.9. The minimum Gasteiger partial charge on any atom is -0.199 e. The number of alkyl halides is 3. The average Bonchev–Trinajstić information content (AvgIpc) is 1.86.